The number of amides is 2. The van der Waals surface area contributed by atoms with Gasteiger partial charge in [0.25, 0.3) is 5.91 Å². The monoisotopic (exact) mass is 371 g/mol. The second-order valence-corrected chi connectivity index (χ2v) is 7.69. The third-order valence-electron chi connectivity index (χ3n) is 4.99. The number of thiophene rings is 1. The van der Waals surface area contributed by atoms with Crippen LogP contribution in [0.3, 0.4) is 0 Å². The molecule has 5 nitrogen and oxygen atoms in total. The predicted octanol–water partition coefficient (Wildman–Crippen LogP) is 3.15. The summed E-state index contributed by atoms with van der Waals surface area (Å²) in [6.07, 6.45) is 0. The molecule has 1 aromatic carbocycles. The lowest BCUT2D eigenvalue weighted by Crippen LogP contribution is -2.54. The molecule has 2 aromatic rings. The third kappa shape index (κ3) is 3.97. The fraction of sp³-hybridized carbons (Fsp3) is 0.400. The van der Waals surface area contributed by atoms with Crippen LogP contribution in [-0.4, -0.2) is 53.8 Å². The molecule has 0 spiro atoms. The number of benzene rings is 1. The number of nitrogens with one attached hydrogen (secondary N) is 1. The van der Waals surface area contributed by atoms with E-state index < -0.39 is 0 Å². The van der Waals surface area contributed by atoms with E-state index in [1.54, 1.807) is 0 Å². The normalized spacial score (nSPS) is 16.3. The van der Waals surface area contributed by atoms with Crippen LogP contribution in [-0.2, 0) is 4.79 Å². The van der Waals surface area contributed by atoms with Crippen LogP contribution in [0, 0.1) is 13.8 Å². The standard InChI is InChI=1S/C20H25N3O2S/c1-14-6-4-7-15(2)18(14)21-19(24)16(3)22-9-11-23(12-10-22)20(25)17-8-5-13-26-17/h4-8,13,16H,9-12H2,1-3H3,(H,21,24). The SMILES string of the molecule is Cc1cccc(C)c1NC(=O)C(C)N1CCN(C(=O)c2cccs2)CC1. The largest absolute Gasteiger partial charge is 0.335 e. The number of para-hydroxylation sites is 1. The van der Waals surface area contributed by atoms with Crippen molar-refractivity contribution in [2.75, 3.05) is 31.5 Å². The lowest BCUT2D eigenvalue weighted by Gasteiger charge is -2.37. The highest BCUT2D eigenvalue weighted by Gasteiger charge is 2.28. The van der Waals surface area contributed by atoms with E-state index >= 15 is 0 Å². The Morgan fingerprint density at radius 3 is 2.27 bits per heavy atom. The fourth-order valence-corrected chi connectivity index (χ4v) is 3.96. The Kier molecular flexibility index (Phi) is 5.74. The first-order chi connectivity index (χ1) is 12.5. The fourth-order valence-electron chi connectivity index (χ4n) is 3.27. The zero-order chi connectivity index (χ0) is 18.7. The second kappa shape index (κ2) is 8.01. The van der Waals surface area contributed by atoms with Gasteiger partial charge in [0.1, 0.15) is 0 Å². The topological polar surface area (TPSA) is 52.7 Å². The first-order valence-electron chi connectivity index (χ1n) is 8.91. The molecule has 26 heavy (non-hydrogen) atoms. The van der Waals surface area contributed by atoms with Crippen molar-refractivity contribution in [2.45, 2.75) is 26.8 Å². The van der Waals surface area contributed by atoms with E-state index in [1.165, 1.54) is 11.3 Å². The third-order valence-corrected chi connectivity index (χ3v) is 5.85. The highest BCUT2D eigenvalue weighted by Crippen LogP contribution is 2.20. The summed E-state index contributed by atoms with van der Waals surface area (Å²) in [5.74, 6) is 0.0905. The molecule has 1 unspecified atom stereocenters. The summed E-state index contributed by atoms with van der Waals surface area (Å²) in [4.78, 5) is 29.9. The molecule has 1 aromatic heterocycles. The van der Waals surface area contributed by atoms with Gasteiger partial charge in [-0.05, 0) is 43.3 Å². The molecule has 0 saturated carbocycles. The van der Waals surface area contributed by atoms with Gasteiger partial charge in [-0.3, -0.25) is 14.5 Å². The van der Waals surface area contributed by atoms with E-state index in [0.717, 1.165) is 21.7 Å². The molecule has 6 heteroatoms. The molecule has 1 atom stereocenters. The molecule has 2 heterocycles. The number of hydrogen-bond acceptors (Lipinski definition) is 4. The Balaban J connectivity index is 1.57. The summed E-state index contributed by atoms with van der Waals surface area (Å²) in [6.45, 7) is 8.65. The van der Waals surface area contributed by atoms with Gasteiger partial charge in [-0.25, -0.2) is 0 Å². The highest BCUT2D eigenvalue weighted by atomic mass is 32.1. The van der Waals surface area contributed by atoms with Gasteiger partial charge < -0.3 is 10.2 Å². The number of carbonyl (C=O) groups is 2. The summed E-state index contributed by atoms with van der Waals surface area (Å²) in [5, 5.41) is 4.99. The van der Waals surface area contributed by atoms with Gasteiger partial charge in [-0.2, -0.15) is 0 Å². The van der Waals surface area contributed by atoms with Crippen molar-refractivity contribution in [2.24, 2.45) is 0 Å². The van der Waals surface area contributed by atoms with Crippen molar-refractivity contribution in [3.05, 3.63) is 51.7 Å². The van der Waals surface area contributed by atoms with Crippen molar-refractivity contribution < 1.29 is 9.59 Å². The quantitative estimate of drug-likeness (QED) is 0.898. The van der Waals surface area contributed by atoms with Crippen LogP contribution in [0.4, 0.5) is 5.69 Å². The van der Waals surface area contributed by atoms with E-state index in [2.05, 4.69) is 10.2 Å². The molecule has 2 amide bonds. The molecular formula is C20H25N3O2S. The molecule has 0 radical (unpaired) electrons. The van der Waals surface area contributed by atoms with E-state index in [0.29, 0.717) is 26.2 Å². The van der Waals surface area contributed by atoms with E-state index in [-0.39, 0.29) is 17.9 Å². The van der Waals surface area contributed by atoms with E-state index in [4.69, 9.17) is 0 Å². The number of rotatable bonds is 4. The maximum atomic E-state index is 12.7. The average Bonchev–Trinajstić information content (AvgIpc) is 3.18. The van der Waals surface area contributed by atoms with E-state index in [9.17, 15) is 9.59 Å². The van der Waals surface area contributed by atoms with Gasteiger partial charge in [0, 0.05) is 31.9 Å². The minimum Gasteiger partial charge on any atom is -0.335 e. The van der Waals surface area contributed by atoms with Gasteiger partial charge in [0.15, 0.2) is 0 Å². The molecule has 0 bridgehead atoms. The van der Waals surface area contributed by atoms with Crippen LogP contribution < -0.4 is 5.32 Å². The Bertz CT molecular complexity index is 760. The molecule has 1 aliphatic rings. The van der Waals surface area contributed by atoms with Gasteiger partial charge in [0.2, 0.25) is 5.91 Å². The van der Waals surface area contributed by atoms with Crippen LogP contribution in [0.2, 0.25) is 0 Å². The zero-order valence-electron chi connectivity index (χ0n) is 15.5. The van der Waals surface area contributed by atoms with Crippen LogP contribution in [0.5, 0.6) is 0 Å². The highest BCUT2D eigenvalue weighted by molar-refractivity contribution is 7.12. The Hall–Kier alpha value is -2.18. The van der Waals surface area contributed by atoms with E-state index in [1.807, 2.05) is 61.4 Å². The van der Waals surface area contributed by atoms with Gasteiger partial charge in [-0.15, -0.1) is 11.3 Å². The number of carbonyl (C=O) groups excluding carboxylic acids is 2. The first kappa shape index (κ1) is 18.6. The lowest BCUT2D eigenvalue weighted by molar-refractivity contribution is -0.121. The summed E-state index contributed by atoms with van der Waals surface area (Å²) >= 11 is 1.47. The molecule has 3 rings (SSSR count). The molecule has 1 N–H and O–H groups in total. The average molecular weight is 372 g/mol. The molecule has 1 aliphatic heterocycles. The lowest BCUT2D eigenvalue weighted by atomic mass is 10.1. The molecule has 1 fully saturated rings. The van der Waals surface area contributed by atoms with Gasteiger partial charge >= 0.3 is 0 Å². The predicted molar refractivity (Wildman–Crippen MR) is 106 cm³/mol. The van der Waals surface area contributed by atoms with Crippen molar-refractivity contribution >= 4 is 28.8 Å². The first-order valence-corrected chi connectivity index (χ1v) is 9.79. The summed E-state index contributed by atoms with van der Waals surface area (Å²) in [5.41, 5.74) is 3.03. The molecule has 138 valence electrons. The maximum absolute atomic E-state index is 12.7. The van der Waals surface area contributed by atoms with Crippen LogP contribution in [0.1, 0.15) is 27.7 Å². The van der Waals surface area contributed by atoms with Crippen molar-refractivity contribution in [1.29, 1.82) is 0 Å². The van der Waals surface area contributed by atoms with Crippen molar-refractivity contribution in [1.82, 2.24) is 9.80 Å². The number of aryl methyl sites for hydroxylation is 2. The summed E-state index contributed by atoms with van der Waals surface area (Å²) in [7, 11) is 0. The Morgan fingerprint density at radius 2 is 1.69 bits per heavy atom. The maximum Gasteiger partial charge on any atom is 0.264 e. The number of hydrogen-bond donors (Lipinski definition) is 1. The second-order valence-electron chi connectivity index (χ2n) is 6.74. The number of nitrogens with zero attached hydrogens (tertiary/aromatic N) is 2. The number of piperazine rings is 1. The van der Waals surface area contributed by atoms with Crippen LogP contribution in [0.15, 0.2) is 35.7 Å². The molecule has 0 aliphatic carbocycles. The summed E-state index contributed by atoms with van der Waals surface area (Å²) in [6, 6.07) is 9.53. The van der Waals surface area contributed by atoms with Crippen LogP contribution >= 0.6 is 11.3 Å². The number of anilines is 1. The van der Waals surface area contributed by atoms with Crippen molar-refractivity contribution in [3.8, 4) is 0 Å². The molecular weight excluding hydrogens is 346 g/mol. The smallest absolute Gasteiger partial charge is 0.264 e. The van der Waals surface area contributed by atoms with Gasteiger partial charge in [-0.1, -0.05) is 24.3 Å². The minimum absolute atomic E-state index is 0.000401. The van der Waals surface area contributed by atoms with Gasteiger partial charge in [0.05, 0.1) is 10.9 Å². The van der Waals surface area contributed by atoms with Crippen molar-refractivity contribution in [3.63, 3.8) is 0 Å². The Morgan fingerprint density at radius 1 is 1.04 bits per heavy atom. The summed E-state index contributed by atoms with van der Waals surface area (Å²) < 4.78 is 0. The molecule has 1 saturated heterocycles. The Labute approximate surface area is 158 Å². The minimum atomic E-state index is -0.229. The zero-order valence-corrected chi connectivity index (χ0v) is 16.3. The van der Waals surface area contributed by atoms with Crippen LogP contribution in [0.25, 0.3) is 0 Å².